The van der Waals surface area contributed by atoms with Gasteiger partial charge in [0, 0.05) is 27.3 Å². The molecule has 0 radical (unpaired) electrons. The van der Waals surface area contributed by atoms with Crippen LogP contribution in [-0.4, -0.2) is 15.0 Å². The first-order valence-corrected chi connectivity index (χ1v) is 15.6. The summed E-state index contributed by atoms with van der Waals surface area (Å²) in [6.07, 6.45) is 4.36. The molecule has 9 rings (SSSR count). The van der Waals surface area contributed by atoms with Crippen LogP contribution in [0, 0.1) is 0 Å². The van der Waals surface area contributed by atoms with Crippen LogP contribution in [0.15, 0.2) is 152 Å². The highest BCUT2D eigenvalue weighted by Crippen LogP contribution is 2.36. The summed E-state index contributed by atoms with van der Waals surface area (Å²) in [4.78, 5) is 15.3. The predicted octanol–water partition coefficient (Wildman–Crippen LogP) is 10.5. The minimum Gasteiger partial charge on any atom is -0.371 e. The molecule has 0 saturated heterocycles. The van der Waals surface area contributed by atoms with Crippen molar-refractivity contribution in [3.8, 4) is 33.6 Å². The molecule has 216 valence electrons. The highest BCUT2D eigenvalue weighted by atomic mass is 15.0. The number of aromatic nitrogens is 3. The van der Waals surface area contributed by atoms with Crippen molar-refractivity contribution < 1.29 is 0 Å². The van der Waals surface area contributed by atoms with Gasteiger partial charge in [0.15, 0.2) is 0 Å². The van der Waals surface area contributed by atoms with Gasteiger partial charge in [-0.2, -0.15) is 0 Å². The van der Waals surface area contributed by atoms with Crippen LogP contribution in [0.4, 0.5) is 5.69 Å². The van der Waals surface area contributed by atoms with Gasteiger partial charge in [0.05, 0.1) is 45.4 Å². The Morgan fingerprint density at radius 3 is 1.87 bits per heavy atom. The Balaban J connectivity index is 1.06. The van der Waals surface area contributed by atoms with Crippen LogP contribution in [0.5, 0.6) is 0 Å². The van der Waals surface area contributed by atoms with Gasteiger partial charge in [-0.05, 0) is 47.0 Å². The fourth-order valence-electron chi connectivity index (χ4n) is 6.39. The fraction of sp³-hybridized carbons (Fsp3) is 0.0238. The molecule has 1 atom stereocenters. The van der Waals surface area contributed by atoms with Gasteiger partial charge in [0.25, 0.3) is 0 Å². The van der Waals surface area contributed by atoms with E-state index >= 15 is 0 Å². The second-order valence-corrected chi connectivity index (χ2v) is 11.8. The molecular weight excluding hydrogens is 560 g/mol. The van der Waals surface area contributed by atoms with Crippen molar-refractivity contribution in [3.63, 3.8) is 0 Å². The molecule has 5 aromatic carbocycles. The first kappa shape index (κ1) is 26.3. The molecule has 0 saturated carbocycles. The van der Waals surface area contributed by atoms with E-state index in [1.54, 1.807) is 0 Å². The second kappa shape index (κ2) is 10.8. The van der Waals surface area contributed by atoms with Crippen LogP contribution in [-0.2, 0) is 0 Å². The molecule has 1 aliphatic rings. The molecule has 1 N–H and O–H groups in total. The minimum absolute atomic E-state index is 0.0801. The first-order chi connectivity index (χ1) is 22.7. The van der Waals surface area contributed by atoms with E-state index in [-0.39, 0.29) is 6.04 Å². The molecule has 1 unspecified atom stereocenters. The highest BCUT2D eigenvalue weighted by molar-refractivity contribution is 5.97. The summed E-state index contributed by atoms with van der Waals surface area (Å²) < 4.78 is 0. The van der Waals surface area contributed by atoms with Gasteiger partial charge in [-0.1, -0.05) is 127 Å². The van der Waals surface area contributed by atoms with Crippen LogP contribution >= 0.6 is 0 Å². The van der Waals surface area contributed by atoms with Crippen LogP contribution in [0.25, 0.3) is 72.4 Å². The largest absolute Gasteiger partial charge is 0.371 e. The lowest BCUT2D eigenvalue weighted by molar-refractivity contribution is 0.931. The van der Waals surface area contributed by atoms with Crippen molar-refractivity contribution in [2.45, 2.75) is 6.04 Å². The summed E-state index contributed by atoms with van der Waals surface area (Å²) in [6.45, 7) is 0. The Hall–Kier alpha value is -6.13. The van der Waals surface area contributed by atoms with E-state index in [9.17, 15) is 0 Å². The van der Waals surface area contributed by atoms with Gasteiger partial charge in [0.1, 0.15) is 0 Å². The summed E-state index contributed by atoms with van der Waals surface area (Å²) in [7, 11) is 0. The van der Waals surface area contributed by atoms with Crippen molar-refractivity contribution in [2.75, 3.05) is 5.32 Å². The zero-order valence-electron chi connectivity index (χ0n) is 24.9. The quantitative estimate of drug-likeness (QED) is 0.222. The smallest absolute Gasteiger partial charge is 0.0947 e. The first-order valence-electron chi connectivity index (χ1n) is 15.6. The number of anilines is 1. The molecular formula is C42H28N4. The number of hydrogen-bond acceptors (Lipinski definition) is 4. The number of rotatable bonds is 4. The molecule has 4 heteroatoms. The van der Waals surface area contributed by atoms with Crippen molar-refractivity contribution in [1.29, 1.82) is 0 Å². The standard InChI is InChI=1S/C42H28N4/c1-3-7-27(8-4-1)33-15-11-29-17-21-36(43-39(29)25-33)34-16-12-30-18-23-37(44-40(30)26-34)38-24-20-32-14-13-31-19-22-35(28-9-5-2-6-10-28)45-41(31)42(32)46-38/h1-26,38,46H. The van der Waals surface area contributed by atoms with Crippen LogP contribution < -0.4 is 5.32 Å². The van der Waals surface area contributed by atoms with Crippen molar-refractivity contribution in [2.24, 2.45) is 0 Å². The minimum atomic E-state index is -0.0801. The van der Waals surface area contributed by atoms with Crippen molar-refractivity contribution in [3.05, 3.63) is 163 Å². The number of hydrogen-bond donors (Lipinski definition) is 1. The van der Waals surface area contributed by atoms with Gasteiger partial charge >= 0.3 is 0 Å². The summed E-state index contributed by atoms with van der Waals surface area (Å²) >= 11 is 0. The molecule has 0 spiro atoms. The van der Waals surface area contributed by atoms with Gasteiger partial charge in [-0.3, -0.25) is 4.98 Å². The van der Waals surface area contributed by atoms with E-state index in [2.05, 4.69) is 139 Å². The molecule has 0 fully saturated rings. The zero-order chi connectivity index (χ0) is 30.5. The molecule has 4 nitrogen and oxygen atoms in total. The van der Waals surface area contributed by atoms with Gasteiger partial charge in [-0.15, -0.1) is 0 Å². The molecule has 4 heterocycles. The molecule has 46 heavy (non-hydrogen) atoms. The molecule has 0 bridgehead atoms. The highest BCUT2D eigenvalue weighted by Gasteiger charge is 2.19. The van der Waals surface area contributed by atoms with Gasteiger partial charge in [0.2, 0.25) is 0 Å². The van der Waals surface area contributed by atoms with E-state index in [0.717, 1.165) is 77.7 Å². The Labute approximate surface area is 266 Å². The Bertz CT molecular complexity index is 2450. The van der Waals surface area contributed by atoms with Crippen LogP contribution in [0.1, 0.15) is 17.3 Å². The lowest BCUT2D eigenvalue weighted by Gasteiger charge is -2.23. The van der Waals surface area contributed by atoms with E-state index in [4.69, 9.17) is 15.0 Å². The normalized spacial score (nSPS) is 14.0. The Morgan fingerprint density at radius 1 is 0.457 bits per heavy atom. The van der Waals surface area contributed by atoms with E-state index in [1.807, 2.05) is 24.3 Å². The molecule has 0 amide bonds. The Morgan fingerprint density at radius 2 is 1.07 bits per heavy atom. The Kier molecular flexibility index (Phi) is 6.17. The molecule has 3 aromatic heterocycles. The maximum Gasteiger partial charge on any atom is 0.0947 e. The van der Waals surface area contributed by atoms with Gasteiger partial charge < -0.3 is 5.32 Å². The number of benzene rings is 5. The molecule has 8 aromatic rings. The average molecular weight is 589 g/mol. The van der Waals surface area contributed by atoms with Crippen molar-refractivity contribution >= 4 is 44.5 Å². The summed E-state index contributed by atoms with van der Waals surface area (Å²) in [5, 5.41) is 7.09. The lowest BCUT2D eigenvalue weighted by Crippen LogP contribution is -2.14. The van der Waals surface area contributed by atoms with E-state index in [0.29, 0.717) is 0 Å². The van der Waals surface area contributed by atoms with Crippen LogP contribution in [0.3, 0.4) is 0 Å². The predicted molar refractivity (Wildman–Crippen MR) is 190 cm³/mol. The second-order valence-electron chi connectivity index (χ2n) is 11.8. The SMILES string of the molecule is C1=CC(c2ccc3ccc(-c4ccc5ccc(-c6ccccc6)cc5n4)cc3n2)Nc2c1ccc1ccc(-c3ccccc3)nc21. The number of nitrogens with zero attached hydrogens (tertiary/aromatic N) is 3. The summed E-state index contributed by atoms with van der Waals surface area (Å²) in [5.41, 5.74) is 12.4. The number of pyridine rings is 3. The fourth-order valence-corrected chi connectivity index (χ4v) is 6.39. The number of nitrogens with one attached hydrogen (secondary N) is 1. The van der Waals surface area contributed by atoms with Crippen molar-refractivity contribution in [1.82, 2.24) is 15.0 Å². The molecule has 1 aliphatic heterocycles. The summed E-state index contributed by atoms with van der Waals surface area (Å²) in [6, 6.07) is 50.6. The average Bonchev–Trinajstić information content (AvgIpc) is 3.14. The lowest BCUT2D eigenvalue weighted by atomic mass is 9.99. The molecule has 0 aliphatic carbocycles. The number of fused-ring (bicyclic) bond motifs is 5. The third kappa shape index (κ3) is 4.68. The maximum absolute atomic E-state index is 5.16. The van der Waals surface area contributed by atoms with E-state index < -0.39 is 0 Å². The maximum atomic E-state index is 5.16. The third-order valence-electron chi connectivity index (χ3n) is 8.86. The summed E-state index contributed by atoms with van der Waals surface area (Å²) in [5.74, 6) is 0. The topological polar surface area (TPSA) is 50.7 Å². The zero-order valence-corrected chi connectivity index (χ0v) is 24.9. The monoisotopic (exact) mass is 588 g/mol. The van der Waals surface area contributed by atoms with Gasteiger partial charge in [-0.25, -0.2) is 9.97 Å². The van der Waals surface area contributed by atoms with Crippen LogP contribution in [0.2, 0.25) is 0 Å². The third-order valence-corrected chi connectivity index (χ3v) is 8.86. The van der Waals surface area contributed by atoms with E-state index in [1.165, 1.54) is 5.56 Å².